The van der Waals surface area contributed by atoms with Gasteiger partial charge in [-0.25, -0.2) is 0 Å². The predicted octanol–water partition coefficient (Wildman–Crippen LogP) is -0.106. The highest BCUT2D eigenvalue weighted by Gasteiger charge is 2.50. The van der Waals surface area contributed by atoms with Gasteiger partial charge >= 0.3 is 17.9 Å². The molecular formula is C12H17BrO8. The molecule has 8 nitrogen and oxygen atoms in total. The van der Waals surface area contributed by atoms with Crippen molar-refractivity contribution in [1.82, 2.24) is 0 Å². The summed E-state index contributed by atoms with van der Waals surface area (Å²) in [5.74, 6) is -1.99. The molecule has 1 heterocycles. The lowest BCUT2D eigenvalue weighted by molar-refractivity contribution is -0.287. The van der Waals surface area contributed by atoms with Crippen LogP contribution in [-0.2, 0) is 33.3 Å². The zero-order valence-electron chi connectivity index (χ0n) is 11.8. The lowest BCUT2D eigenvalue weighted by Gasteiger charge is -2.42. The molecule has 0 radical (unpaired) electrons. The van der Waals surface area contributed by atoms with E-state index in [4.69, 9.17) is 18.9 Å². The molecule has 0 aromatic heterocycles. The number of aliphatic hydroxyl groups is 1. The van der Waals surface area contributed by atoms with Crippen LogP contribution in [0.15, 0.2) is 0 Å². The molecule has 1 saturated heterocycles. The summed E-state index contributed by atoms with van der Waals surface area (Å²) in [6.45, 7) is 3.47. The van der Waals surface area contributed by atoms with E-state index in [0.717, 1.165) is 13.8 Å². The van der Waals surface area contributed by atoms with Gasteiger partial charge in [0.1, 0.15) is 6.10 Å². The first-order chi connectivity index (χ1) is 9.76. The van der Waals surface area contributed by atoms with E-state index in [1.165, 1.54) is 6.92 Å². The Labute approximate surface area is 129 Å². The van der Waals surface area contributed by atoms with E-state index in [9.17, 15) is 19.5 Å². The molecule has 0 amide bonds. The Morgan fingerprint density at radius 3 is 1.81 bits per heavy atom. The molecule has 120 valence electrons. The van der Waals surface area contributed by atoms with Gasteiger partial charge in [0.25, 0.3) is 0 Å². The topological polar surface area (TPSA) is 108 Å². The Morgan fingerprint density at radius 1 is 0.952 bits per heavy atom. The smallest absolute Gasteiger partial charge is 0.303 e. The van der Waals surface area contributed by atoms with Crippen LogP contribution in [-0.4, -0.2) is 59.1 Å². The van der Waals surface area contributed by atoms with Crippen molar-refractivity contribution < 1.29 is 38.4 Å². The maximum atomic E-state index is 11.2. The van der Waals surface area contributed by atoms with Crippen molar-refractivity contribution in [3.63, 3.8) is 0 Å². The number of aliphatic hydroxyl groups excluding tert-OH is 1. The van der Waals surface area contributed by atoms with Crippen LogP contribution < -0.4 is 0 Å². The molecule has 9 heteroatoms. The molecule has 0 bridgehead atoms. The Bertz CT molecular complexity index is 412. The number of ether oxygens (including phenoxy) is 4. The van der Waals surface area contributed by atoms with Gasteiger partial charge < -0.3 is 24.1 Å². The van der Waals surface area contributed by atoms with Crippen molar-refractivity contribution in [3.05, 3.63) is 0 Å². The quantitative estimate of drug-likeness (QED) is 0.416. The zero-order valence-corrected chi connectivity index (χ0v) is 13.4. The minimum atomic E-state index is -1.51. The van der Waals surface area contributed by atoms with Crippen LogP contribution >= 0.6 is 15.9 Å². The first-order valence-electron chi connectivity index (χ1n) is 6.17. The first kappa shape index (κ1) is 17.9. The highest BCUT2D eigenvalue weighted by Crippen LogP contribution is 2.28. The van der Waals surface area contributed by atoms with Crippen molar-refractivity contribution in [3.8, 4) is 0 Å². The van der Waals surface area contributed by atoms with E-state index in [0.29, 0.717) is 0 Å². The van der Waals surface area contributed by atoms with Crippen LogP contribution in [0.2, 0.25) is 0 Å². The maximum Gasteiger partial charge on any atom is 0.303 e. The largest absolute Gasteiger partial charge is 0.456 e. The Hall–Kier alpha value is -1.19. The molecule has 0 aromatic rings. The number of alkyl halides is 1. The second kappa shape index (κ2) is 7.71. The third-order valence-corrected chi connectivity index (χ3v) is 3.31. The fourth-order valence-corrected chi connectivity index (χ4v) is 2.52. The highest BCUT2D eigenvalue weighted by molar-refractivity contribution is 9.09. The standard InChI is InChI=1S/C12H17BrO8/c1-5(14)18-9-8(4-13)21-12(17)11(20-7(3)16)10(9)19-6(2)15/h8-12,17H,4H2,1-3H3/t8-,9+,10+,11-,12-/m1/s1. The van der Waals surface area contributed by atoms with E-state index in [2.05, 4.69) is 15.9 Å². The summed E-state index contributed by atoms with van der Waals surface area (Å²) in [6.07, 6.45) is -5.74. The number of carbonyl (C=O) groups is 3. The van der Waals surface area contributed by atoms with Gasteiger partial charge in [0, 0.05) is 26.1 Å². The van der Waals surface area contributed by atoms with Gasteiger partial charge in [0.05, 0.1) is 0 Å². The minimum absolute atomic E-state index is 0.215. The molecule has 0 aromatic carbocycles. The molecule has 21 heavy (non-hydrogen) atoms. The second-order valence-corrected chi connectivity index (χ2v) is 5.09. The summed E-state index contributed by atoms with van der Waals surface area (Å²) in [5.41, 5.74) is 0. The fourth-order valence-electron chi connectivity index (χ4n) is 2.00. The maximum absolute atomic E-state index is 11.2. The third kappa shape index (κ3) is 4.94. The third-order valence-electron chi connectivity index (χ3n) is 2.67. The van der Waals surface area contributed by atoms with Gasteiger partial charge in [-0.15, -0.1) is 0 Å². The second-order valence-electron chi connectivity index (χ2n) is 4.44. The Balaban J connectivity index is 3.08. The van der Waals surface area contributed by atoms with Crippen LogP contribution in [0.1, 0.15) is 20.8 Å². The molecule has 0 saturated carbocycles. The van der Waals surface area contributed by atoms with Gasteiger partial charge in [-0.3, -0.25) is 14.4 Å². The van der Waals surface area contributed by atoms with Crippen molar-refractivity contribution in [2.24, 2.45) is 0 Å². The summed E-state index contributed by atoms with van der Waals surface area (Å²) < 4.78 is 20.3. The number of carbonyl (C=O) groups excluding carboxylic acids is 3. The van der Waals surface area contributed by atoms with E-state index in [1.54, 1.807) is 0 Å². The van der Waals surface area contributed by atoms with Gasteiger partial charge in [-0.2, -0.15) is 0 Å². The monoisotopic (exact) mass is 368 g/mol. The Kier molecular flexibility index (Phi) is 6.56. The molecule has 0 aliphatic carbocycles. The average molecular weight is 369 g/mol. The van der Waals surface area contributed by atoms with Crippen molar-refractivity contribution >= 4 is 33.8 Å². The summed E-state index contributed by atoms with van der Waals surface area (Å²) in [5, 5.41) is 10.1. The van der Waals surface area contributed by atoms with Crippen molar-refractivity contribution in [2.75, 3.05) is 5.33 Å². The van der Waals surface area contributed by atoms with Crippen molar-refractivity contribution in [1.29, 1.82) is 0 Å². The summed E-state index contributed by atoms with van der Waals surface area (Å²) in [6, 6.07) is 0. The number of halogens is 1. The van der Waals surface area contributed by atoms with Crippen LogP contribution in [0, 0.1) is 0 Å². The van der Waals surface area contributed by atoms with Crippen LogP contribution in [0.4, 0.5) is 0 Å². The molecule has 1 aliphatic rings. The SMILES string of the molecule is CC(=O)O[C@@H]1[C@@H](OC(C)=O)[C@H](O)O[C@H](CBr)[C@@H]1OC(C)=O. The summed E-state index contributed by atoms with van der Waals surface area (Å²) in [4.78, 5) is 33.6. The molecular weight excluding hydrogens is 352 g/mol. The number of esters is 3. The molecule has 0 spiro atoms. The normalized spacial score (nSPS) is 32.1. The summed E-state index contributed by atoms with van der Waals surface area (Å²) in [7, 11) is 0. The fraction of sp³-hybridized carbons (Fsp3) is 0.750. The van der Waals surface area contributed by atoms with E-state index in [-0.39, 0.29) is 5.33 Å². The number of rotatable bonds is 4. The van der Waals surface area contributed by atoms with Crippen molar-refractivity contribution in [2.45, 2.75) is 51.5 Å². The molecule has 1 aliphatic heterocycles. The number of hydrogen-bond acceptors (Lipinski definition) is 8. The predicted molar refractivity (Wildman–Crippen MR) is 71.3 cm³/mol. The minimum Gasteiger partial charge on any atom is -0.456 e. The first-order valence-corrected chi connectivity index (χ1v) is 7.29. The van der Waals surface area contributed by atoms with Gasteiger partial charge in [0.2, 0.25) is 0 Å². The van der Waals surface area contributed by atoms with Crippen LogP contribution in [0.3, 0.4) is 0 Å². The Morgan fingerprint density at radius 2 is 1.38 bits per heavy atom. The average Bonchev–Trinajstić information content (AvgIpc) is 2.35. The van der Waals surface area contributed by atoms with Crippen LogP contribution in [0.5, 0.6) is 0 Å². The highest BCUT2D eigenvalue weighted by atomic mass is 79.9. The molecule has 5 atom stereocenters. The number of hydrogen-bond donors (Lipinski definition) is 1. The molecule has 0 unspecified atom stereocenters. The van der Waals surface area contributed by atoms with E-state index < -0.39 is 48.6 Å². The molecule has 1 rings (SSSR count). The van der Waals surface area contributed by atoms with Gasteiger partial charge in [-0.1, -0.05) is 15.9 Å². The van der Waals surface area contributed by atoms with Gasteiger partial charge in [0.15, 0.2) is 24.6 Å². The molecule has 1 fully saturated rings. The lowest BCUT2D eigenvalue weighted by atomic mass is 9.99. The zero-order chi connectivity index (χ0) is 16.2. The van der Waals surface area contributed by atoms with E-state index >= 15 is 0 Å². The van der Waals surface area contributed by atoms with E-state index in [1.807, 2.05) is 0 Å². The van der Waals surface area contributed by atoms with Gasteiger partial charge in [-0.05, 0) is 0 Å². The molecule has 1 N–H and O–H groups in total. The summed E-state index contributed by atoms with van der Waals surface area (Å²) >= 11 is 3.16. The lowest BCUT2D eigenvalue weighted by Crippen LogP contribution is -2.61. The van der Waals surface area contributed by atoms with Crippen LogP contribution in [0.25, 0.3) is 0 Å².